The first-order valence-corrected chi connectivity index (χ1v) is 9.65. The van der Waals surface area contributed by atoms with E-state index in [-0.39, 0.29) is 6.42 Å². The predicted octanol–water partition coefficient (Wildman–Crippen LogP) is -4.86. The van der Waals surface area contributed by atoms with E-state index in [2.05, 4.69) is 0 Å². The van der Waals surface area contributed by atoms with Crippen LogP contribution in [0.4, 0.5) is 0 Å². The quantitative estimate of drug-likeness (QED) is 0.190. The number of rotatable bonds is 6. The van der Waals surface area contributed by atoms with Gasteiger partial charge in [-0.2, -0.15) is 0 Å². The molecule has 1 aliphatic carbocycles. The van der Waals surface area contributed by atoms with Crippen LogP contribution in [0.1, 0.15) is 6.42 Å². The lowest BCUT2D eigenvalue weighted by molar-refractivity contribution is -0.277. The molecule has 174 valence electrons. The Kier molecular flexibility index (Phi) is 7.66. The molecule has 11 N–H and O–H groups in total. The second kappa shape index (κ2) is 9.68. The van der Waals surface area contributed by atoms with E-state index in [1.54, 1.807) is 0 Å². The van der Waals surface area contributed by atoms with Gasteiger partial charge < -0.3 is 66.2 Å². The van der Waals surface area contributed by atoms with Gasteiger partial charge in [0.1, 0.15) is 48.5 Å². The van der Waals surface area contributed by atoms with Crippen molar-refractivity contribution in [3.05, 3.63) is 11.8 Å². The van der Waals surface area contributed by atoms with Crippen LogP contribution in [0.25, 0.3) is 0 Å². The summed E-state index contributed by atoms with van der Waals surface area (Å²) in [6.07, 6.45) is -11.6. The first-order chi connectivity index (χ1) is 14.2. The Morgan fingerprint density at radius 1 is 0.867 bits per heavy atom. The van der Waals surface area contributed by atoms with Crippen molar-refractivity contribution in [1.82, 2.24) is 0 Å². The predicted molar refractivity (Wildman–Crippen MR) is 96.5 cm³/mol. The maximum absolute atomic E-state index is 10.6. The topological polar surface area (TPSA) is 231 Å². The summed E-state index contributed by atoms with van der Waals surface area (Å²) in [5.41, 5.74) is 12.1. The molecule has 2 aliphatic heterocycles. The number of hydrogen-bond donors (Lipinski definition) is 9. The van der Waals surface area contributed by atoms with Gasteiger partial charge in [0, 0.05) is 18.2 Å². The molecule has 13 nitrogen and oxygen atoms in total. The van der Waals surface area contributed by atoms with Crippen molar-refractivity contribution in [1.29, 1.82) is 0 Å². The van der Waals surface area contributed by atoms with Gasteiger partial charge in [-0.3, -0.25) is 0 Å². The highest BCUT2D eigenvalue weighted by atomic mass is 16.7. The molecular formula is C17H30N2O11. The minimum absolute atomic E-state index is 0.149. The molecule has 0 aromatic rings. The molecule has 0 spiro atoms. The SMILES string of the molecule is NC1C[C@@H](N)C(O)C(O[C@@H]2O[C@H](CO)C(O)C2O)[C@@H]1O[C@@H]1C=C(O)[C@H](O)C(CO)O1. The Bertz CT molecular complexity index is 610. The lowest BCUT2D eigenvalue weighted by atomic mass is 9.84. The van der Waals surface area contributed by atoms with Crippen LogP contribution in [0.3, 0.4) is 0 Å². The molecule has 0 aromatic heterocycles. The van der Waals surface area contributed by atoms with Gasteiger partial charge in [0.15, 0.2) is 12.6 Å². The third-order valence-electron chi connectivity index (χ3n) is 5.60. The number of ether oxygens (including phenoxy) is 4. The Morgan fingerprint density at radius 3 is 2.13 bits per heavy atom. The maximum atomic E-state index is 10.6. The smallest absolute Gasteiger partial charge is 0.187 e. The van der Waals surface area contributed by atoms with Crippen LogP contribution in [0.5, 0.6) is 0 Å². The van der Waals surface area contributed by atoms with Crippen molar-refractivity contribution in [2.75, 3.05) is 13.2 Å². The van der Waals surface area contributed by atoms with Gasteiger partial charge in [-0.25, -0.2) is 0 Å². The summed E-state index contributed by atoms with van der Waals surface area (Å²) in [4.78, 5) is 0. The molecule has 0 bridgehead atoms. The van der Waals surface area contributed by atoms with Crippen molar-refractivity contribution < 1.29 is 54.7 Å². The fourth-order valence-corrected chi connectivity index (χ4v) is 3.82. The molecule has 0 amide bonds. The first kappa shape index (κ1) is 23.7. The summed E-state index contributed by atoms with van der Waals surface area (Å²) in [7, 11) is 0. The van der Waals surface area contributed by atoms with Gasteiger partial charge >= 0.3 is 0 Å². The zero-order valence-corrected chi connectivity index (χ0v) is 16.0. The van der Waals surface area contributed by atoms with Gasteiger partial charge in [0.25, 0.3) is 0 Å². The van der Waals surface area contributed by atoms with Crippen molar-refractivity contribution in [3.8, 4) is 0 Å². The summed E-state index contributed by atoms with van der Waals surface area (Å²) in [5.74, 6) is -0.465. The average Bonchev–Trinajstić information content (AvgIpc) is 2.98. The molecule has 12 atom stereocenters. The van der Waals surface area contributed by atoms with Crippen molar-refractivity contribution in [3.63, 3.8) is 0 Å². The van der Waals surface area contributed by atoms with E-state index in [9.17, 15) is 35.7 Å². The molecule has 0 aromatic carbocycles. The van der Waals surface area contributed by atoms with E-state index >= 15 is 0 Å². The van der Waals surface area contributed by atoms with Crippen LogP contribution in [0, 0.1) is 0 Å². The average molecular weight is 438 g/mol. The maximum Gasteiger partial charge on any atom is 0.187 e. The van der Waals surface area contributed by atoms with Gasteiger partial charge in [0.2, 0.25) is 0 Å². The number of aliphatic hydroxyl groups excluding tert-OH is 7. The largest absolute Gasteiger partial charge is 0.510 e. The van der Waals surface area contributed by atoms with Crippen LogP contribution in [-0.4, -0.2) is 122 Å². The molecule has 3 rings (SSSR count). The molecule has 30 heavy (non-hydrogen) atoms. The third kappa shape index (κ3) is 4.62. The van der Waals surface area contributed by atoms with Gasteiger partial charge in [0.05, 0.1) is 19.3 Å². The Morgan fingerprint density at radius 2 is 1.53 bits per heavy atom. The van der Waals surface area contributed by atoms with E-state index in [1.807, 2.05) is 0 Å². The minimum Gasteiger partial charge on any atom is -0.510 e. The van der Waals surface area contributed by atoms with E-state index < -0.39 is 92.5 Å². The summed E-state index contributed by atoms with van der Waals surface area (Å²) >= 11 is 0. The lowest BCUT2D eigenvalue weighted by Gasteiger charge is -2.44. The molecular weight excluding hydrogens is 408 g/mol. The number of hydrogen-bond acceptors (Lipinski definition) is 13. The highest BCUT2D eigenvalue weighted by Gasteiger charge is 2.50. The Balaban J connectivity index is 1.77. The standard InChI is InChI=1S/C17H30N2O11/c18-5-1-6(19)15(29-10-2-7(22)12(24)8(3-20)27-10)16(11(5)23)30-17-14(26)13(25)9(4-21)28-17/h2,5-6,8-17,20-26H,1,3-4,18-19H2/t5-,6?,8?,9-,10-,11?,12+,13?,14?,15-,16?,17+/m1/s1. The van der Waals surface area contributed by atoms with Crippen LogP contribution < -0.4 is 11.5 Å². The molecule has 3 aliphatic rings. The number of aliphatic hydroxyl groups is 7. The molecule has 0 radical (unpaired) electrons. The van der Waals surface area contributed by atoms with Crippen molar-refractivity contribution >= 4 is 0 Å². The third-order valence-corrected chi connectivity index (χ3v) is 5.60. The molecule has 6 unspecified atom stereocenters. The van der Waals surface area contributed by atoms with E-state index in [4.69, 9.17) is 30.4 Å². The van der Waals surface area contributed by atoms with Gasteiger partial charge in [-0.05, 0) is 6.42 Å². The zero-order valence-electron chi connectivity index (χ0n) is 16.0. The fraction of sp³-hybridized carbons (Fsp3) is 0.882. The van der Waals surface area contributed by atoms with E-state index in [0.29, 0.717) is 0 Å². The van der Waals surface area contributed by atoms with Crippen LogP contribution in [-0.2, 0) is 18.9 Å². The number of nitrogens with two attached hydrogens (primary N) is 2. The Hall–Kier alpha value is -0.940. The summed E-state index contributed by atoms with van der Waals surface area (Å²) in [6, 6.07) is -1.55. The van der Waals surface area contributed by atoms with Crippen LogP contribution in [0.15, 0.2) is 11.8 Å². The second-order valence-corrected chi connectivity index (χ2v) is 7.72. The zero-order chi connectivity index (χ0) is 22.2. The highest BCUT2D eigenvalue weighted by Crippen LogP contribution is 2.31. The van der Waals surface area contributed by atoms with Crippen molar-refractivity contribution in [2.45, 2.75) is 79.9 Å². The van der Waals surface area contributed by atoms with Gasteiger partial charge in [-0.15, -0.1) is 0 Å². The molecule has 2 fully saturated rings. The molecule has 1 saturated carbocycles. The summed E-state index contributed by atoms with van der Waals surface area (Å²) < 4.78 is 22.1. The first-order valence-electron chi connectivity index (χ1n) is 9.65. The highest BCUT2D eigenvalue weighted by molar-refractivity contribution is 5.08. The molecule has 2 heterocycles. The minimum atomic E-state index is -1.51. The molecule has 1 saturated heterocycles. The Labute approximate surface area is 172 Å². The summed E-state index contributed by atoms with van der Waals surface area (Å²) in [5, 5.41) is 68.8. The van der Waals surface area contributed by atoms with Crippen LogP contribution >= 0.6 is 0 Å². The molecule has 13 heteroatoms. The lowest BCUT2D eigenvalue weighted by Crippen LogP contribution is -2.64. The normalized spacial score (nSPS) is 49.8. The fourth-order valence-electron chi connectivity index (χ4n) is 3.82. The second-order valence-electron chi connectivity index (χ2n) is 7.72. The van der Waals surface area contributed by atoms with Gasteiger partial charge in [-0.1, -0.05) is 0 Å². The summed E-state index contributed by atoms with van der Waals surface area (Å²) in [6.45, 7) is -1.15. The monoisotopic (exact) mass is 438 g/mol. The van der Waals surface area contributed by atoms with Crippen molar-refractivity contribution in [2.24, 2.45) is 11.5 Å². The van der Waals surface area contributed by atoms with E-state index in [1.165, 1.54) is 0 Å². The van der Waals surface area contributed by atoms with Crippen LogP contribution in [0.2, 0.25) is 0 Å². The van der Waals surface area contributed by atoms with E-state index in [0.717, 1.165) is 6.08 Å².